The van der Waals surface area contributed by atoms with Gasteiger partial charge in [0.25, 0.3) is 0 Å². The highest BCUT2D eigenvalue weighted by Crippen LogP contribution is 2.34. The molecule has 3 aromatic rings. The Hall–Kier alpha value is -2.39. The van der Waals surface area contributed by atoms with Crippen molar-refractivity contribution < 1.29 is 0 Å². The number of para-hydroxylation sites is 1. The summed E-state index contributed by atoms with van der Waals surface area (Å²) in [4.78, 5) is 0. The number of aromatic nitrogens is 2. The van der Waals surface area contributed by atoms with E-state index in [1.54, 1.807) is 0 Å². The molecule has 23 heavy (non-hydrogen) atoms. The van der Waals surface area contributed by atoms with Gasteiger partial charge in [0, 0.05) is 18.0 Å². The van der Waals surface area contributed by atoms with Crippen LogP contribution in [-0.2, 0) is 0 Å². The molecule has 1 N–H and O–H groups in total. The molecule has 1 aliphatic rings. The maximum atomic E-state index is 4.72. The van der Waals surface area contributed by atoms with E-state index in [9.17, 15) is 0 Å². The maximum absolute atomic E-state index is 4.72. The zero-order valence-corrected chi connectivity index (χ0v) is 13.4. The minimum Gasteiger partial charge on any atom is -0.316 e. The second-order valence-electron chi connectivity index (χ2n) is 6.25. The van der Waals surface area contributed by atoms with Crippen LogP contribution in [0.15, 0.2) is 60.8 Å². The van der Waals surface area contributed by atoms with Crippen LogP contribution in [0.1, 0.15) is 23.6 Å². The van der Waals surface area contributed by atoms with Crippen molar-refractivity contribution in [2.24, 2.45) is 0 Å². The first-order valence-corrected chi connectivity index (χ1v) is 8.24. The molecule has 4 rings (SSSR count). The Balaban J connectivity index is 1.86. The molecule has 0 radical (unpaired) electrons. The smallest absolute Gasteiger partial charge is 0.0649 e. The third kappa shape index (κ3) is 2.68. The predicted octanol–water partition coefficient (Wildman–Crippen LogP) is 3.92. The average molecular weight is 303 g/mol. The van der Waals surface area contributed by atoms with E-state index in [4.69, 9.17) is 5.10 Å². The van der Waals surface area contributed by atoms with Gasteiger partial charge in [-0.25, -0.2) is 4.68 Å². The van der Waals surface area contributed by atoms with Gasteiger partial charge in [-0.3, -0.25) is 0 Å². The highest BCUT2D eigenvalue weighted by Gasteiger charge is 2.25. The summed E-state index contributed by atoms with van der Waals surface area (Å²) in [5.41, 5.74) is 6.24. The minimum absolute atomic E-state index is 0.508. The molecular weight excluding hydrogens is 282 g/mol. The van der Waals surface area contributed by atoms with Crippen molar-refractivity contribution in [3.63, 3.8) is 0 Å². The van der Waals surface area contributed by atoms with E-state index >= 15 is 0 Å². The van der Waals surface area contributed by atoms with Crippen LogP contribution >= 0.6 is 0 Å². The van der Waals surface area contributed by atoms with Gasteiger partial charge in [0.2, 0.25) is 0 Å². The third-order valence-electron chi connectivity index (χ3n) is 4.62. The lowest BCUT2D eigenvalue weighted by Crippen LogP contribution is -2.12. The summed E-state index contributed by atoms with van der Waals surface area (Å²) in [5.74, 6) is 0.508. The molecule has 1 saturated heterocycles. The number of hydrogen-bond acceptors (Lipinski definition) is 2. The molecule has 1 atom stereocenters. The van der Waals surface area contributed by atoms with Crippen molar-refractivity contribution in [1.29, 1.82) is 0 Å². The molecular formula is C20H21N3. The van der Waals surface area contributed by atoms with Crippen molar-refractivity contribution in [2.75, 3.05) is 13.1 Å². The van der Waals surface area contributed by atoms with Crippen LogP contribution in [0.5, 0.6) is 0 Å². The van der Waals surface area contributed by atoms with E-state index in [0.29, 0.717) is 5.92 Å². The number of nitrogens with one attached hydrogen (secondary N) is 1. The molecule has 0 bridgehead atoms. The Morgan fingerprint density at radius 3 is 2.52 bits per heavy atom. The second kappa shape index (κ2) is 6.01. The van der Waals surface area contributed by atoms with Gasteiger partial charge >= 0.3 is 0 Å². The van der Waals surface area contributed by atoms with Gasteiger partial charge in [-0.1, -0.05) is 48.0 Å². The largest absolute Gasteiger partial charge is 0.316 e. The predicted molar refractivity (Wildman–Crippen MR) is 94.0 cm³/mol. The molecule has 0 spiro atoms. The van der Waals surface area contributed by atoms with Gasteiger partial charge in [0.15, 0.2) is 0 Å². The molecule has 2 heterocycles. The zero-order valence-electron chi connectivity index (χ0n) is 13.4. The monoisotopic (exact) mass is 303 g/mol. The third-order valence-corrected chi connectivity index (χ3v) is 4.62. The maximum Gasteiger partial charge on any atom is 0.0649 e. The topological polar surface area (TPSA) is 29.9 Å². The molecule has 1 fully saturated rings. The molecule has 0 saturated carbocycles. The molecule has 1 aliphatic heterocycles. The first-order valence-electron chi connectivity index (χ1n) is 8.24. The van der Waals surface area contributed by atoms with Gasteiger partial charge in [0.05, 0.1) is 17.6 Å². The van der Waals surface area contributed by atoms with Gasteiger partial charge in [-0.05, 0) is 37.6 Å². The first kappa shape index (κ1) is 14.2. The van der Waals surface area contributed by atoms with E-state index < -0.39 is 0 Å². The normalized spacial score (nSPS) is 17.5. The lowest BCUT2D eigenvalue weighted by Gasteiger charge is -2.15. The van der Waals surface area contributed by atoms with E-state index in [2.05, 4.69) is 65.5 Å². The number of benzene rings is 2. The summed E-state index contributed by atoms with van der Waals surface area (Å²) in [6.45, 7) is 4.23. The van der Waals surface area contributed by atoms with Crippen molar-refractivity contribution >= 4 is 0 Å². The second-order valence-corrected chi connectivity index (χ2v) is 6.25. The van der Waals surface area contributed by atoms with E-state index in [1.807, 2.05) is 12.3 Å². The fourth-order valence-corrected chi connectivity index (χ4v) is 3.37. The lowest BCUT2D eigenvalue weighted by atomic mass is 9.96. The summed E-state index contributed by atoms with van der Waals surface area (Å²) in [6, 6.07) is 19.2. The van der Waals surface area contributed by atoms with E-state index in [0.717, 1.165) is 25.2 Å². The summed E-state index contributed by atoms with van der Waals surface area (Å²) in [7, 11) is 0. The number of hydrogen-bond donors (Lipinski definition) is 1. The summed E-state index contributed by atoms with van der Waals surface area (Å²) in [6.07, 6.45) is 3.18. The minimum atomic E-state index is 0.508. The Labute approximate surface area is 137 Å². The number of rotatable bonds is 3. The van der Waals surface area contributed by atoms with Crippen molar-refractivity contribution in [1.82, 2.24) is 15.1 Å². The van der Waals surface area contributed by atoms with Crippen LogP contribution in [-0.4, -0.2) is 22.9 Å². The SMILES string of the molecule is Cc1ccc(-c2cnn(-c3ccccc3)c2C2CCNC2)cc1. The van der Waals surface area contributed by atoms with E-state index in [1.165, 1.54) is 22.4 Å². The molecule has 2 aromatic carbocycles. The van der Waals surface area contributed by atoms with Crippen LogP contribution in [0.3, 0.4) is 0 Å². The molecule has 116 valence electrons. The van der Waals surface area contributed by atoms with Crippen LogP contribution in [0.2, 0.25) is 0 Å². The quantitative estimate of drug-likeness (QED) is 0.794. The fourth-order valence-electron chi connectivity index (χ4n) is 3.37. The standard InChI is InChI=1S/C20H21N3/c1-15-7-9-16(10-8-15)19-14-22-23(18-5-3-2-4-6-18)20(19)17-11-12-21-13-17/h2-10,14,17,21H,11-13H2,1H3. The molecule has 1 unspecified atom stereocenters. The lowest BCUT2D eigenvalue weighted by molar-refractivity contribution is 0.684. The van der Waals surface area contributed by atoms with Gasteiger partial charge in [-0.15, -0.1) is 0 Å². The highest BCUT2D eigenvalue weighted by atomic mass is 15.3. The van der Waals surface area contributed by atoms with Crippen molar-refractivity contribution in [3.8, 4) is 16.8 Å². The first-order chi connectivity index (χ1) is 11.3. The van der Waals surface area contributed by atoms with E-state index in [-0.39, 0.29) is 0 Å². The highest BCUT2D eigenvalue weighted by molar-refractivity contribution is 5.67. The number of aryl methyl sites for hydroxylation is 1. The fraction of sp³-hybridized carbons (Fsp3) is 0.250. The van der Waals surface area contributed by atoms with Crippen LogP contribution < -0.4 is 5.32 Å². The molecule has 3 nitrogen and oxygen atoms in total. The van der Waals surface area contributed by atoms with Crippen LogP contribution in [0, 0.1) is 6.92 Å². The number of nitrogens with zero attached hydrogens (tertiary/aromatic N) is 2. The van der Waals surface area contributed by atoms with Gasteiger partial charge < -0.3 is 5.32 Å². The Kier molecular flexibility index (Phi) is 3.72. The van der Waals surface area contributed by atoms with Crippen LogP contribution in [0.25, 0.3) is 16.8 Å². The zero-order chi connectivity index (χ0) is 15.6. The summed E-state index contributed by atoms with van der Waals surface area (Å²) in [5, 5.41) is 8.20. The Morgan fingerprint density at radius 2 is 1.83 bits per heavy atom. The van der Waals surface area contributed by atoms with Crippen molar-refractivity contribution in [3.05, 3.63) is 72.1 Å². The molecule has 0 aliphatic carbocycles. The summed E-state index contributed by atoms with van der Waals surface area (Å²) < 4.78 is 2.12. The van der Waals surface area contributed by atoms with Crippen molar-refractivity contribution in [2.45, 2.75) is 19.3 Å². The molecule has 0 amide bonds. The Bertz CT molecular complexity index is 782. The van der Waals surface area contributed by atoms with Crippen LogP contribution in [0.4, 0.5) is 0 Å². The molecule has 1 aromatic heterocycles. The average Bonchev–Trinajstić information content (AvgIpc) is 3.25. The molecule has 3 heteroatoms. The summed E-state index contributed by atoms with van der Waals surface area (Å²) >= 11 is 0. The Morgan fingerprint density at radius 1 is 1.04 bits per heavy atom. The van der Waals surface area contributed by atoms with Gasteiger partial charge in [-0.2, -0.15) is 5.10 Å². The van der Waals surface area contributed by atoms with Gasteiger partial charge in [0.1, 0.15) is 0 Å².